The number of para-hydroxylation sites is 2. The van der Waals surface area contributed by atoms with Crippen molar-refractivity contribution in [3.8, 4) is 44.5 Å². The van der Waals surface area contributed by atoms with Gasteiger partial charge in [-0.1, -0.05) is 176 Å². The van der Waals surface area contributed by atoms with Gasteiger partial charge in [0.25, 0.3) is 0 Å². The molecule has 11 aromatic rings. The number of nitrogens with zero attached hydrogens (tertiary/aromatic N) is 1. The number of hydrogen-bond donors (Lipinski definition) is 0. The zero-order valence-corrected chi connectivity index (χ0v) is 31.4. The molecule has 272 valence electrons. The highest BCUT2D eigenvalue weighted by Gasteiger charge is 2.21. The predicted octanol–water partition coefficient (Wildman–Crippen LogP) is 16.0. The van der Waals surface area contributed by atoms with Gasteiger partial charge in [0.05, 0.1) is 11.2 Å². The third-order valence-electron chi connectivity index (χ3n) is 11.1. The standard InChI is InChI=1S/C56H37NO/c1-2-13-38(14-3-1)39-27-32-45(33-28-39)57(46-34-29-40(30-35-46)43-18-10-19-44(37-43)48-23-11-16-41-15-4-5-20-47(41)48)53-25-8-6-21-49(53)51-24-12-17-42-31-36-52-50-22-7-9-26-54(50)58-56(52)55(42)51/h1-37H/i29D,30D,34D,35D. The smallest absolute Gasteiger partial charge is 0.143 e. The molecule has 11 rings (SSSR count). The zero-order chi connectivity index (χ0) is 41.9. The Hall–Kier alpha value is -7.68. The molecule has 1 aromatic heterocycles. The van der Waals surface area contributed by atoms with Crippen molar-refractivity contribution in [3.05, 3.63) is 224 Å². The van der Waals surface area contributed by atoms with Crippen LogP contribution >= 0.6 is 0 Å². The highest BCUT2D eigenvalue weighted by Crippen LogP contribution is 2.46. The van der Waals surface area contributed by atoms with Crippen LogP contribution in [0, 0.1) is 0 Å². The summed E-state index contributed by atoms with van der Waals surface area (Å²) in [4.78, 5) is 1.89. The molecule has 0 aliphatic rings. The van der Waals surface area contributed by atoms with Gasteiger partial charge in [0, 0.05) is 33.1 Å². The van der Waals surface area contributed by atoms with Gasteiger partial charge in [-0.05, 0) is 104 Å². The fourth-order valence-electron chi connectivity index (χ4n) is 8.38. The summed E-state index contributed by atoms with van der Waals surface area (Å²) in [6.07, 6.45) is 0. The second kappa shape index (κ2) is 14.1. The Balaban J connectivity index is 1.13. The molecule has 0 fully saturated rings. The molecule has 0 aliphatic carbocycles. The molecule has 0 aliphatic heterocycles. The molecule has 2 nitrogen and oxygen atoms in total. The van der Waals surface area contributed by atoms with Crippen molar-refractivity contribution < 1.29 is 9.90 Å². The Morgan fingerprint density at radius 2 is 0.983 bits per heavy atom. The molecule has 0 saturated heterocycles. The molecule has 0 spiro atoms. The van der Waals surface area contributed by atoms with Crippen molar-refractivity contribution in [2.75, 3.05) is 4.90 Å². The molecule has 0 radical (unpaired) electrons. The maximum absolute atomic E-state index is 9.78. The Bertz CT molecular complexity index is 3490. The van der Waals surface area contributed by atoms with E-state index in [1.165, 1.54) is 0 Å². The molecule has 0 N–H and O–H groups in total. The summed E-state index contributed by atoms with van der Waals surface area (Å²) in [7, 11) is 0. The zero-order valence-electron chi connectivity index (χ0n) is 35.4. The van der Waals surface area contributed by atoms with Crippen LogP contribution < -0.4 is 4.90 Å². The summed E-state index contributed by atoms with van der Waals surface area (Å²) < 4.78 is 45.4. The Kier molecular flexibility index (Phi) is 7.20. The number of fused-ring (bicyclic) bond motifs is 6. The van der Waals surface area contributed by atoms with Crippen molar-refractivity contribution in [1.82, 2.24) is 0 Å². The van der Waals surface area contributed by atoms with Gasteiger partial charge < -0.3 is 9.32 Å². The largest absolute Gasteiger partial charge is 0.455 e. The molecular formula is C56H37NO. The fourth-order valence-corrected chi connectivity index (χ4v) is 8.38. The van der Waals surface area contributed by atoms with Crippen molar-refractivity contribution in [3.63, 3.8) is 0 Å². The van der Waals surface area contributed by atoms with Gasteiger partial charge in [0.15, 0.2) is 0 Å². The molecule has 2 heteroatoms. The van der Waals surface area contributed by atoms with Gasteiger partial charge >= 0.3 is 0 Å². The maximum Gasteiger partial charge on any atom is 0.143 e. The van der Waals surface area contributed by atoms with E-state index in [0.29, 0.717) is 16.9 Å². The van der Waals surface area contributed by atoms with E-state index in [1.54, 1.807) is 0 Å². The van der Waals surface area contributed by atoms with E-state index in [0.717, 1.165) is 76.9 Å². The first-order valence-corrected chi connectivity index (χ1v) is 19.5. The van der Waals surface area contributed by atoms with E-state index < -0.39 is 0 Å². The second-order valence-electron chi connectivity index (χ2n) is 14.5. The average molecular weight is 744 g/mol. The van der Waals surface area contributed by atoms with Crippen LogP contribution in [0.15, 0.2) is 229 Å². The summed E-state index contributed by atoms with van der Waals surface area (Å²) in [5.74, 6) is 0. The van der Waals surface area contributed by atoms with E-state index in [-0.39, 0.29) is 35.4 Å². The lowest BCUT2D eigenvalue weighted by Crippen LogP contribution is -2.11. The van der Waals surface area contributed by atoms with E-state index in [4.69, 9.17) is 4.42 Å². The molecule has 1 heterocycles. The van der Waals surface area contributed by atoms with E-state index in [1.807, 2.05) is 132 Å². The minimum absolute atomic E-state index is 0.117. The minimum atomic E-state index is -0.143. The number of rotatable bonds is 7. The van der Waals surface area contributed by atoms with Crippen LogP contribution in [-0.4, -0.2) is 0 Å². The van der Waals surface area contributed by atoms with Crippen molar-refractivity contribution >= 4 is 60.5 Å². The van der Waals surface area contributed by atoms with Gasteiger partial charge in [0.2, 0.25) is 0 Å². The fraction of sp³-hybridized carbons (Fsp3) is 0. The maximum atomic E-state index is 9.78. The van der Waals surface area contributed by atoms with Crippen LogP contribution in [0.2, 0.25) is 0 Å². The van der Waals surface area contributed by atoms with Crippen LogP contribution in [0.4, 0.5) is 17.1 Å². The predicted molar refractivity (Wildman–Crippen MR) is 245 cm³/mol. The van der Waals surface area contributed by atoms with Gasteiger partial charge in [-0.2, -0.15) is 0 Å². The minimum Gasteiger partial charge on any atom is -0.455 e. The average Bonchev–Trinajstić information content (AvgIpc) is 3.72. The molecule has 0 amide bonds. The summed E-state index contributed by atoms with van der Waals surface area (Å²) in [5, 5.41) is 6.25. The molecular weight excluding hydrogens is 703 g/mol. The molecule has 0 bridgehead atoms. The number of benzene rings is 10. The van der Waals surface area contributed by atoms with Gasteiger partial charge in [-0.3, -0.25) is 0 Å². The summed E-state index contributed by atoms with van der Waals surface area (Å²) in [6.45, 7) is 0. The van der Waals surface area contributed by atoms with Gasteiger partial charge in [-0.15, -0.1) is 0 Å². The lowest BCUT2D eigenvalue weighted by atomic mass is 9.94. The Labute approximate surface area is 343 Å². The highest BCUT2D eigenvalue weighted by molar-refractivity contribution is 6.19. The SMILES string of the molecule is [2H]c1c([2H])c(N(c2ccc(-c3ccccc3)cc2)c2ccccc2-c2cccc3ccc4c5ccccc5oc4c23)c([2H])c([2H])c1-c1cccc(-c2cccc3ccccc23)c1. The topological polar surface area (TPSA) is 16.4 Å². The molecule has 58 heavy (non-hydrogen) atoms. The lowest BCUT2D eigenvalue weighted by molar-refractivity contribution is 0.673. The van der Waals surface area contributed by atoms with E-state index >= 15 is 0 Å². The Morgan fingerprint density at radius 3 is 1.84 bits per heavy atom. The van der Waals surface area contributed by atoms with Crippen LogP contribution in [0.1, 0.15) is 5.48 Å². The number of hydrogen-bond acceptors (Lipinski definition) is 2. The van der Waals surface area contributed by atoms with Crippen molar-refractivity contribution in [2.24, 2.45) is 0 Å². The quantitative estimate of drug-likeness (QED) is 0.162. The van der Waals surface area contributed by atoms with Crippen LogP contribution in [0.25, 0.3) is 88.0 Å². The summed E-state index contributed by atoms with van der Waals surface area (Å²) in [6, 6.07) is 66.5. The van der Waals surface area contributed by atoms with Crippen LogP contribution in [0.3, 0.4) is 0 Å². The number of furan rings is 1. The molecule has 0 atom stereocenters. The molecule has 10 aromatic carbocycles. The highest BCUT2D eigenvalue weighted by atomic mass is 16.3. The number of anilines is 3. The second-order valence-corrected chi connectivity index (χ2v) is 14.5. The first-order valence-electron chi connectivity index (χ1n) is 21.5. The third kappa shape index (κ3) is 5.82. The molecule has 0 unspecified atom stereocenters. The van der Waals surface area contributed by atoms with E-state index in [9.17, 15) is 5.48 Å². The third-order valence-corrected chi connectivity index (χ3v) is 11.1. The Morgan fingerprint density at radius 1 is 0.362 bits per heavy atom. The molecule has 0 saturated carbocycles. The van der Waals surface area contributed by atoms with E-state index in [2.05, 4.69) is 72.8 Å². The van der Waals surface area contributed by atoms with Crippen molar-refractivity contribution in [1.29, 1.82) is 0 Å². The van der Waals surface area contributed by atoms with Gasteiger partial charge in [-0.25, -0.2) is 0 Å². The summed E-state index contributed by atoms with van der Waals surface area (Å²) in [5.41, 5.74) is 9.83. The van der Waals surface area contributed by atoms with Gasteiger partial charge in [0.1, 0.15) is 11.2 Å². The monoisotopic (exact) mass is 743 g/mol. The summed E-state index contributed by atoms with van der Waals surface area (Å²) >= 11 is 0. The lowest BCUT2D eigenvalue weighted by Gasteiger charge is -2.28. The first-order chi connectivity index (χ1) is 30.4. The van der Waals surface area contributed by atoms with Crippen molar-refractivity contribution in [2.45, 2.75) is 0 Å². The normalized spacial score (nSPS) is 12.4. The first kappa shape index (κ1) is 29.6. The van der Waals surface area contributed by atoms with Crippen LogP contribution in [0.5, 0.6) is 0 Å². The van der Waals surface area contributed by atoms with Crippen LogP contribution in [-0.2, 0) is 0 Å².